The number of alkyl carbamates (subject to hydrolysis) is 1. The van der Waals surface area contributed by atoms with Gasteiger partial charge in [-0.2, -0.15) is 0 Å². The number of ether oxygens (including phenoxy) is 1. The number of carbonyl (C=O) groups is 1. The normalized spacial score (nSPS) is 15.0. The summed E-state index contributed by atoms with van der Waals surface area (Å²) in [5.74, 6) is 0.0904. The lowest BCUT2D eigenvalue weighted by Gasteiger charge is -2.14. The second kappa shape index (κ2) is 8.01. The summed E-state index contributed by atoms with van der Waals surface area (Å²) in [4.78, 5) is 13.6. The average molecular weight is 405 g/mol. The van der Waals surface area contributed by atoms with Gasteiger partial charge in [0.05, 0.1) is 0 Å². The minimum atomic E-state index is -0.362. The Morgan fingerprint density at radius 3 is 2.34 bits per heavy atom. The van der Waals surface area contributed by atoms with Crippen LogP contribution in [0, 0.1) is 0 Å². The number of rotatable bonds is 7. The summed E-state index contributed by atoms with van der Waals surface area (Å²) >= 11 is 1.73. The van der Waals surface area contributed by atoms with Crippen LogP contribution in [-0.4, -0.2) is 18.7 Å². The molecular weight excluding hydrogens is 380 g/mol. The average Bonchev–Trinajstić information content (AvgIpc) is 3.39. The zero-order valence-electron chi connectivity index (χ0n) is 16.2. The van der Waals surface area contributed by atoms with Gasteiger partial charge in [0.15, 0.2) is 0 Å². The van der Waals surface area contributed by atoms with E-state index in [-0.39, 0.29) is 12.0 Å². The molecule has 3 aromatic rings. The Morgan fingerprint density at radius 1 is 0.966 bits per heavy atom. The molecule has 1 heterocycles. The molecule has 1 saturated carbocycles. The van der Waals surface area contributed by atoms with Crippen molar-refractivity contribution < 1.29 is 9.53 Å². The zero-order chi connectivity index (χ0) is 19.6. The molecule has 0 radical (unpaired) electrons. The fourth-order valence-electron chi connectivity index (χ4n) is 4.02. The molecule has 0 saturated heterocycles. The molecule has 1 fully saturated rings. The van der Waals surface area contributed by atoms with E-state index in [4.69, 9.17) is 4.74 Å². The first kappa shape index (κ1) is 18.4. The Balaban J connectivity index is 1.19. The van der Waals surface area contributed by atoms with Crippen molar-refractivity contribution in [1.29, 1.82) is 0 Å². The van der Waals surface area contributed by atoms with Gasteiger partial charge in [-0.1, -0.05) is 48.5 Å². The van der Waals surface area contributed by atoms with Crippen molar-refractivity contribution >= 4 is 17.4 Å². The van der Waals surface area contributed by atoms with Crippen LogP contribution < -0.4 is 10.6 Å². The molecule has 4 nitrogen and oxygen atoms in total. The maximum atomic E-state index is 12.4. The maximum Gasteiger partial charge on any atom is 0.407 e. The van der Waals surface area contributed by atoms with Crippen molar-refractivity contribution in [2.24, 2.45) is 0 Å². The molecule has 148 valence electrons. The molecule has 0 atom stereocenters. The molecule has 1 amide bonds. The molecule has 0 bridgehead atoms. The van der Waals surface area contributed by atoms with E-state index in [0.29, 0.717) is 19.2 Å². The molecule has 29 heavy (non-hydrogen) atoms. The summed E-state index contributed by atoms with van der Waals surface area (Å²) < 4.78 is 5.62. The smallest absolute Gasteiger partial charge is 0.407 e. The van der Waals surface area contributed by atoms with E-state index in [9.17, 15) is 4.79 Å². The van der Waals surface area contributed by atoms with E-state index in [1.54, 1.807) is 11.3 Å². The predicted octanol–water partition coefficient (Wildman–Crippen LogP) is 5.04. The summed E-state index contributed by atoms with van der Waals surface area (Å²) in [6.07, 6.45) is 2.19. The van der Waals surface area contributed by atoms with Gasteiger partial charge in [0.1, 0.15) is 6.61 Å². The fourth-order valence-corrected chi connectivity index (χ4v) is 4.88. The Kier molecular flexibility index (Phi) is 5.08. The molecule has 2 aliphatic carbocycles. The number of benzene rings is 2. The van der Waals surface area contributed by atoms with E-state index in [2.05, 4.69) is 58.5 Å². The number of amides is 1. The predicted molar refractivity (Wildman–Crippen MR) is 116 cm³/mol. The molecule has 1 aromatic heterocycles. The number of fused-ring (bicyclic) bond motifs is 3. The minimum absolute atomic E-state index is 0.0904. The number of thiophene rings is 1. The first-order valence-electron chi connectivity index (χ1n) is 10.2. The highest BCUT2D eigenvalue weighted by atomic mass is 32.1. The monoisotopic (exact) mass is 404 g/mol. The van der Waals surface area contributed by atoms with Gasteiger partial charge < -0.3 is 15.4 Å². The van der Waals surface area contributed by atoms with Gasteiger partial charge in [-0.05, 0) is 52.1 Å². The molecule has 0 spiro atoms. The quantitative estimate of drug-likeness (QED) is 0.580. The highest BCUT2D eigenvalue weighted by Crippen LogP contribution is 2.44. The third-order valence-corrected chi connectivity index (χ3v) is 6.70. The van der Waals surface area contributed by atoms with Gasteiger partial charge in [0.25, 0.3) is 0 Å². The van der Waals surface area contributed by atoms with E-state index >= 15 is 0 Å². The summed E-state index contributed by atoms with van der Waals surface area (Å²) in [6.45, 7) is 1.73. The second-order valence-corrected chi connectivity index (χ2v) is 8.70. The lowest BCUT2D eigenvalue weighted by atomic mass is 9.98. The van der Waals surface area contributed by atoms with Crippen LogP contribution in [0.1, 0.15) is 40.3 Å². The second-order valence-electron chi connectivity index (χ2n) is 7.70. The van der Waals surface area contributed by atoms with Gasteiger partial charge in [-0.15, -0.1) is 11.3 Å². The lowest BCUT2D eigenvalue weighted by Crippen LogP contribution is -2.26. The van der Waals surface area contributed by atoms with Crippen molar-refractivity contribution in [3.63, 3.8) is 0 Å². The van der Waals surface area contributed by atoms with Crippen molar-refractivity contribution in [3.8, 4) is 11.1 Å². The maximum absolute atomic E-state index is 12.4. The van der Waals surface area contributed by atoms with Gasteiger partial charge in [0.2, 0.25) is 0 Å². The van der Waals surface area contributed by atoms with Gasteiger partial charge in [0, 0.05) is 29.9 Å². The fraction of sp³-hybridized carbons (Fsp3) is 0.292. The highest BCUT2D eigenvalue weighted by molar-refractivity contribution is 7.10. The number of hydrogen-bond acceptors (Lipinski definition) is 4. The van der Waals surface area contributed by atoms with Crippen molar-refractivity contribution in [3.05, 3.63) is 81.5 Å². The van der Waals surface area contributed by atoms with Crippen LogP contribution >= 0.6 is 11.3 Å². The molecule has 2 N–H and O–H groups in total. The van der Waals surface area contributed by atoms with Crippen molar-refractivity contribution in [2.75, 3.05) is 6.61 Å². The number of hydrogen-bond donors (Lipinski definition) is 2. The molecule has 2 aliphatic rings. The Morgan fingerprint density at radius 2 is 1.66 bits per heavy atom. The van der Waals surface area contributed by atoms with Crippen LogP contribution in [0.25, 0.3) is 11.1 Å². The van der Waals surface area contributed by atoms with E-state index in [1.165, 1.54) is 40.0 Å². The molecule has 2 aromatic carbocycles. The first-order chi connectivity index (χ1) is 14.3. The Hall–Kier alpha value is -2.63. The van der Waals surface area contributed by atoms with E-state index in [1.807, 2.05) is 12.1 Å². The van der Waals surface area contributed by atoms with Gasteiger partial charge in [-0.25, -0.2) is 4.79 Å². The van der Waals surface area contributed by atoms with Gasteiger partial charge >= 0.3 is 6.09 Å². The topological polar surface area (TPSA) is 50.4 Å². The lowest BCUT2D eigenvalue weighted by molar-refractivity contribution is 0.142. The van der Waals surface area contributed by atoms with E-state index in [0.717, 1.165) is 12.1 Å². The minimum Gasteiger partial charge on any atom is -0.449 e. The summed E-state index contributed by atoms with van der Waals surface area (Å²) in [5, 5.41) is 8.53. The van der Waals surface area contributed by atoms with Crippen molar-refractivity contribution in [2.45, 2.75) is 37.9 Å². The third kappa shape index (κ3) is 3.93. The molecule has 0 unspecified atom stereocenters. The molecule has 5 rings (SSSR count). The highest BCUT2D eigenvalue weighted by Gasteiger charge is 2.29. The Labute approximate surface area is 174 Å². The number of carbonyl (C=O) groups excluding carboxylic acids is 1. The molecule has 0 aliphatic heterocycles. The van der Waals surface area contributed by atoms with Crippen LogP contribution in [0.5, 0.6) is 0 Å². The first-order valence-corrected chi connectivity index (χ1v) is 11.0. The summed E-state index contributed by atoms with van der Waals surface area (Å²) in [6, 6.07) is 19.5. The molecular formula is C24H24N2O2S. The zero-order valence-corrected chi connectivity index (χ0v) is 17.0. The molecule has 5 heteroatoms. The standard InChI is InChI=1S/C24H24N2O2S/c27-24(26-13-16-11-12-29-23(16)14-25-17-9-10-17)28-15-22-20-7-3-1-5-18(20)19-6-2-4-8-21(19)22/h1-8,11-12,17,22,25H,9-10,13-15H2,(H,26,27). The van der Waals surface area contributed by atoms with Crippen LogP contribution in [0.3, 0.4) is 0 Å². The third-order valence-electron chi connectivity index (χ3n) is 5.73. The largest absolute Gasteiger partial charge is 0.449 e. The van der Waals surface area contributed by atoms with E-state index < -0.39 is 0 Å². The summed E-state index contributed by atoms with van der Waals surface area (Å²) in [7, 11) is 0. The van der Waals surface area contributed by atoms with Crippen LogP contribution in [0.15, 0.2) is 60.0 Å². The van der Waals surface area contributed by atoms with Crippen LogP contribution in [0.2, 0.25) is 0 Å². The number of nitrogens with one attached hydrogen (secondary N) is 2. The van der Waals surface area contributed by atoms with Gasteiger partial charge in [-0.3, -0.25) is 0 Å². The van der Waals surface area contributed by atoms with Crippen LogP contribution in [-0.2, 0) is 17.8 Å². The Bertz CT molecular complexity index is 979. The SMILES string of the molecule is O=C(NCc1ccsc1CNC1CC1)OCC1c2ccccc2-c2ccccc21. The van der Waals surface area contributed by atoms with Crippen LogP contribution in [0.4, 0.5) is 4.79 Å². The summed E-state index contributed by atoms with van der Waals surface area (Å²) in [5.41, 5.74) is 6.10. The van der Waals surface area contributed by atoms with Crippen molar-refractivity contribution in [1.82, 2.24) is 10.6 Å².